The largest absolute Gasteiger partial charge is 0.496 e. The Balaban J connectivity index is 1.79. The van der Waals surface area contributed by atoms with E-state index in [1.54, 1.807) is 13.3 Å². The molecule has 0 aliphatic heterocycles. The van der Waals surface area contributed by atoms with Crippen LogP contribution in [0.5, 0.6) is 5.75 Å². The number of hydrogen-bond donors (Lipinski definition) is 2. The third-order valence-electron chi connectivity index (χ3n) is 4.05. The smallest absolute Gasteiger partial charge is 0.157 e. The molecule has 0 amide bonds. The number of hydrogen-bond acceptors (Lipinski definition) is 5. The Hall–Kier alpha value is -3.09. The molecule has 2 N–H and O–H groups in total. The average molecular weight is 336 g/mol. The first-order chi connectivity index (χ1) is 12.2. The molecule has 0 aliphatic carbocycles. The van der Waals surface area contributed by atoms with E-state index in [0.29, 0.717) is 5.92 Å². The number of fused-ring (bicyclic) bond motifs is 3. The fraction of sp³-hybridized carbons (Fsp3) is 0.278. The summed E-state index contributed by atoms with van der Waals surface area (Å²) in [7, 11) is 1.66. The van der Waals surface area contributed by atoms with Gasteiger partial charge in [-0.1, -0.05) is 19.9 Å². The molecule has 0 saturated heterocycles. The van der Waals surface area contributed by atoms with Crippen LogP contribution >= 0.6 is 0 Å². The Kier molecular flexibility index (Phi) is 3.76. The van der Waals surface area contributed by atoms with E-state index < -0.39 is 0 Å². The van der Waals surface area contributed by atoms with Gasteiger partial charge in [-0.25, -0.2) is 4.98 Å². The van der Waals surface area contributed by atoms with Gasteiger partial charge in [-0.3, -0.25) is 9.78 Å². The highest BCUT2D eigenvalue weighted by molar-refractivity contribution is 6.11. The molecule has 3 heterocycles. The molecule has 4 rings (SSSR count). The van der Waals surface area contributed by atoms with Gasteiger partial charge < -0.3 is 10.1 Å². The summed E-state index contributed by atoms with van der Waals surface area (Å²) in [6.07, 6.45) is 5.59. The van der Waals surface area contributed by atoms with E-state index in [1.807, 2.05) is 35.3 Å². The summed E-state index contributed by atoms with van der Waals surface area (Å²) >= 11 is 0. The summed E-state index contributed by atoms with van der Waals surface area (Å²) in [6.45, 7) is 5.21. The Labute approximate surface area is 145 Å². The molecular weight excluding hydrogens is 316 g/mol. The minimum absolute atomic E-state index is 0.540. The van der Waals surface area contributed by atoms with Gasteiger partial charge in [0.1, 0.15) is 11.3 Å². The van der Waals surface area contributed by atoms with E-state index in [9.17, 15) is 0 Å². The van der Waals surface area contributed by atoms with Gasteiger partial charge in [0, 0.05) is 18.1 Å². The Morgan fingerprint density at radius 3 is 2.96 bits per heavy atom. The Morgan fingerprint density at radius 2 is 2.16 bits per heavy atom. The van der Waals surface area contributed by atoms with E-state index in [2.05, 4.69) is 34.5 Å². The predicted molar refractivity (Wildman–Crippen MR) is 98.3 cm³/mol. The standard InChI is InChI=1S/C18H20N6O/c1-11(2)9-24-10-12(7-20-24)21-18-17-13(8-19-23-17)16-14(22-18)5-4-6-15(16)25-3/h4-8,10-11H,9H2,1-3H3,(H,19,23)(H,21,22). The third kappa shape index (κ3) is 2.77. The number of H-pyrrole nitrogens is 1. The fourth-order valence-corrected chi connectivity index (χ4v) is 3.02. The number of nitrogens with zero attached hydrogens (tertiary/aromatic N) is 4. The quantitative estimate of drug-likeness (QED) is 0.580. The summed E-state index contributed by atoms with van der Waals surface area (Å²) in [6, 6.07) is 5.84. The molecule has 4 aromatic rings. The summed E-state index contributed by atoms with van der Waals surface area (Å²) in [5.41, 5.74) is 2.59. The van der Waals surface area contributed by atoms with Crippen LogP contribution in [0.1, 0.15) is 13.8 Å². The number of benzene rings is 1. The van der Waals surface area contributed by atoms with Crippen LogP contribution in [0.2, 0.25) is 0 Å². The second-order valence-electron chi connectivity index (χ2n) is 6.44. The van der Waals surface area contributed by atoms with Crippen LogP contribution in [0.15, 0.2) is 36.8 Å². The molecule has 0 unspecified atom stereocenters. The number of rotatable bonds is 5. The molecule has 0 saturated carbocycles. The molecule has 0 radical (unpaired) electrons. The van der Waals surface area contributed by atoms with E-state index in [4.69, 9.17) is 9.72 Å². The van der Waals surface area contributed by atoms with Crippen molar-refractivity contribution in [1.82, 2.24) is 25.0 Å². The third-order valence-corrected chi connectivity index (χ3v) is 4.05. The lowest BCUT2D eigenvalue weighted by Crippen LogP contribution is -2.04. The van der Waals surface area contributed by atoms with Crippen LogP contribution in [0.3, 0.4) is 0 Å². The van der Waals surface area contributed by atoms with Gasteiger partial charge in [0.2, 0.25) is 0 Å². The van der Waals surface area contributed by atoms with Gasteiger partial charge in [0.25, 0.3) is 0 Å². The molecular formula is C18H20N6O. The predicted octanol–water partition coefficient (Wildman–Crippen LogP) is 3.72. The van der Waals surface area contributed by atoms with E-state index in [1.165, 1.54) is 0 Å². The van der Waals surface area contributed by atoms with Gasteiger partial charge >= 0.3 is 0 Å². The SMILES string of the molecule is COc1cccc2nc(Nc3cnn(CC(C)C)c3)c3[nH]ncc3c12. The van der Waals surface area contributed by atoms with Gasteiger partial charge in [0.05, 0.1) is 36.1 Å². The van der Waals surface area contributed by atoms with Crippen LogP contribution in [-0.2, 0) is 6.54 Å². The van der Waals surface area contributed by atoms with Crippen LogP contribution in [0, 0.1) is 5.92 Å². The minimum Gasteiger partial charge on any atom is -0.496 e. The average Bonchev–Trinajstić information content (AvgIpc) is 3.23. The number of pyridine rings is 1. The lowest BCUT2D eigenvalue weighted by molar-refractivity contribution is 0.420. The van der Waals surface area contributed by atoms with Crippen molar-refractivity contribution in [1.29, 1.82) is 0 Å². The highest BCUT2D eigenvalue weighted by atomic mass is 16.5. The molecule has 25 heavy (non-hydrogen) atoms. The zero-order valence-corrected chi connectivity index (χ0v) is 14.4. The molecule has 3 aromatic heterocycles. The van der Waals surface area contributed by atoms with E-state index in [-0.39, 0.29) is 0 Å². The Morgan fingerprint density at radius 1 is 1.28 bits per heavy atom. The van der Waals surface area contributed by atoms with Crippen molar-refractivity contribution in [2.75, 3.05) is 12.4 Å². The summed E-state index contributed by atoms with van der Waals surface area (Å²) in [5, 5.41) is 16.9. The molecule has 0 fully saturated rings. The van der Waals surface area contributed by atoms with Crippen molar-refractivity contribution in [2.24, 2.45) is 5.92 Å². The maximum Gasteiger partial charge on any atom is 0.157 e. The van der Waals surface area contributed by atoms with Crippen molar-refractivity contribution in [2.45, 2.75) is 20.4 Å². The second-order valence-corrected chi connectivity index (χ2v) is 6.44. The first-order valence-corrected chi connectivity index (χ1v) is 8.25. The highest BCUT2D eigenvalue weighted by Crippen LogP contribution is 2.34. The number of aromatic amines is 1. The van der Waals surface area contributed by atoms with Crippen LogP contribution in [-0.4, -0.2) is 32.1 Å². The molecule has 0 spiro atoms. The minimum atomic E-state index is 0.540. The van der Waals surface area contributed by atoms with Gasteiger partial charge in [-0.15, -0.1) is 0 Å². The number of aromatic nitrogens is 5. The van der Waals surface area contributed by atoms with Crippen molar-refractivity contribution < 1.29 is 4.74 Å². The molecule has 1 aromatic carbocycles. The zero-order valence-electron chi connectivity index (χ0n) is 14.4. The van der Waals surface area contributed by atoms with Crippen molar-refractivity contribution in [3.8, 4) is 5.75 Å². The van der Waals surface area contributed by atoms with Gasteiger partial charge in [0.15, 0.2) is 5.82 Å². The van der Waals surface area contributed by atoms with E-state index in [0.717, 1.165) is 45.6 Å². The van der Waals surface area contributed by atoms with Gasteiger partial charge in [-0.2, -0.15) is 10.2 Å². The first-order valence-electron chi connectivity index (χ1n) is 8.25. The summed E-state index contributed by atoms with van der Waals surface area (Å²) in [5.74, 6) is 2.04. The van der Waals surface area contributed by atoms with Crippen molar-refractivity contribution in [3.05, 3.63) is 36.8 Å². The number of methoxy groups -OCH3 is 1. The molecule has 7 heteroatoms. The molecule has 0 atom stereocenters. The summed E-state index contributed by atoms with van der Waals surface area (Å²) < 4.78 is 7.42. The molecule has 0 bridgehead atoms. The number of ether oxygens (including phenoxy) is 1. The zero-order chi connectivity index (χ0) is 17.4. The normalized spacial score (nSPS) is 11.5. The van der Waals surface area contributed by atoms with Crippen LogP contribution in [0.25, 0.3) is 21.8 Å². The maximum atomic E-state index is 5.49. The molecule has 7 nitrogen and oxygen atoms in total. The lowest BCUT2D eigenvalue weighted by Gasteiger charge is -2.10. The molecule has 0 aliphatic rings. The second kappa shape index (κ2) is 6.08. The van der Waals surface area contributed by atoms with Crippen molar-refractivity contribution in [3.63, 3.8) is 0 Å². The fourth-order valence-electron chi connectivity index (χ4n) is 3.02. The number of nitrogens with one attached hydrogen (secondary N) is 2. The lowest BCUT2D eigenvalue weighted by atomic mass is 10.1. The van der Waals surface area contributed by atoms with E-state index >= 15 is 0 Å². The highest BCUT2D eigenvalue weighted by Gasteiger charge is 2.14. The topological polar surface area (TPSA) is 80.6 Å². The van der Waals surface area contributed by atoms with Crippen LogP contribution < -0.4 is 10.1 Å². The van der Waals surface area contributed by atoms with Crippen LogP contribution in [0.4, 0.5) is 11.5 Å². The van der Waals surface area contributed by atoms with Gasteiger partial charge in [-0.05, 0) is 18.1 Å². The maximum absolute atomic E-state index is 5.49. The van der Waals surface area contributed by atoms with Crippen molar-refractivity contribution >= 4 is 33.3 Å². The molecule has 128 valence electrons. The monoisotopic (exact) mass is 336 g/mol. The summed E-state index contributed by atoms with van der Waals surface area (Å²) in [4.78, 5) is 4.75. The first kappa shape index (κ1) is 15.4. The Bertz CT molecular complexity index is 1030. The number of anilines is 2.